The van der Waals surface area contributed by atoms with Gasteiger partial charge in [-0.2, -0.15) is 0 Å². The van der Waals surface area contributed by atoms with Crippen LogP contribution in [0.2, 0.25) is 0 Å². The molecule has 0 aliphatic carbocycles. The van der Waals surface area contributed by atoms with E-state index >= 15 is 0 Å². The van der Waals surface area contributed by atoms with Gasteiger partial charge in [-0.25, -0.2) is 0 Å². The van der Waals surface area contributed by atoms with Crippen LogP contribution in [0, 0.1) is 12.8 Å². The van der Waals surface area contributed by atoms with Gasteiger partial charge in [0.2, 0.25) is 11.8 Å². The van der Waals surface area contributed by atoms with Crippen molar-refractivity contribution in [3.05, 3.63) is 82.9 Å². The molecule has 6 heteroatoms. The number of benzene rings is 2. The monoisotopic (exact) mass is 447 g/mol. The lowest BCUT2D eigenvalue weighted by Gasteiger charge is -2.26. The molecule has 0 bridgehead atoms. The third-order valence-corrected chi connectivity index (χ3v) is 6.89. The SMILES string of the molecule is Cc1[nH]c2ccccc2c1CC(=O)N[C@@H](Cc1ccccc1)C(=O)N(C)CC1C=CSC1. The maximum Gasteiger partial charge on any atom is 0.245 e. The van der Waals surface area contributed by atoms with Gasteiger partial charge in [-0.05, 0) is 29.5 Å². The number of H-pyrrole nitrogens is 1. The molecule has 2 N–H and O–H groups in total. The molecule has 3 aromatic rings. The molecule has 2 amide bonds. The molecule has 0 saturated carbocycles. The fourth-order valence-corrected chi connectivity index (χ4v) is 5.15. The van der Waals surface area contributed by atoms with Crippen LogP contribution in [0.25, 0.3) is 10.9 Å². The molecular weight excluding hydrogens is 418 g/mol. The van der Waals surface area contributed by atoms with Crippen molar-refractivity contribution in [1.82, 2.24) is 15.2 Å². The molecule has 4 rings (SSSR count). The van der Waals surface area contributed by atoms with E-state index in [2.05, 4.69) is 21.8 Å². The van der Waals surface area contributed by atoms with Crippen molar-refractivity contribution in [1.29, 1.82) is 0 Å². The van der Waals surface area contributed by atoms with Gasteiger partial charge in [0, 0.05) is 48.3 Å². The van der Waals surface area contributed by atoms with Gasteiger partial charge in [0.1, 0.15) is 6.04 Å². The van der Waals surface area contributed by atoms with Crippen LogP contribution in [0.5, 0.6) is 0 Å². The zero-order chi connectivity index (χ0) is 22.5. The van der Waals surface area contributed by atoms with Gasteiger partial charge in [0.15, 0.2) is 0 Å². The summed E-state index contributed by atoms with van der Waals surface area (Å²) in [5, 5.41) is 6.18. The topological polar surface area (TPSA) is 65.2 Å². The number of hydrogen-bond acceptors (Lipinski definition) is 3. The van der Waals surface area contributed by atoms with E-state index in [1.165, 1.54) is 0 Å². The van der Waals surface area contributed by atoms with Crippen molar-refractivity contribution in [3.8, 4) is 0 Å². The van der Waals surface area contributed by atoms with Crippen LogP contribution in [0.15, 0.2) is 66.1 Å². The molecular formula is C26H29N3O2S. The number of rotatable bonds is 8. The zero-order valence-electron chi connectivity index (χ0n) is 18.5. The Balaban J connectivity index is 1.49. The second-order valence-corrected chi connectivity index (χ2v) is 9.34. The molecule has 2 atom stereocenters. The Labute approximate surface area is 193 Å². The Morgan fingerprint density at radius 1 is 1.16 bits per heavy atom. The first-order chi connectivity index (χ1) is 15.5. The first-order valence-electron chi connectivity index (χ1n) is 10.9. The number of nitrogens with one attached hydrogen (secondary N) is 2. The molecule has 1 aromatic heterocycles. The van der Waals surface area contributed by atoms with Gasteiger partial charge in [-0.15, -0.1) is 11.8 Å². The summed E-state index contributed by atoms with van der Waals surface area (Å²) in [4.78, 5) is 31.5. The number of para-hydroxylation sites is 1. The van der Waals surface area contributed by atoms with Crippen LogP contribution in [-0.4, -0.2) is 47.1 Å². The molecule has 0 fully saturated rings. The van der Waals surface area contributed by atoms with Crippen molar-refractivity contribution < 1.29 is 9.59 Å². The summed E-state index contributed by atoms with van der Waals surface area (Å²) >= 11 is 1.77. The van der Waals surface area contributed by atoms with Crippen LogP contribution in [0.3, 0.4) is 0 Å². The highest BCUT2D eigenvalue weighted by molar-refractivity contribution is 8.02. The summed E-state index contributed by atoms with van der Waals surface area (Å²) < 4.78 is 0. The van der Waals surface area contributed by atoms with Gasteiger partial charge < -0.3 is 15.2 Å². The van der Waals surface area contributed by atoms with E-state index in [0.717, 1.165) is 33.5 Å². The Bertz CT molecular complexity index is 1120. The molecule has 1 unspecified atom stereocenters. The van der Waals surface area contributed by atoms with Gasteiger partial charge in [0.05, 0.1) is 6.42 Å². The molecule has 2 heterocycles. The van der Waals surface area contributed by atoms with Gasteiger partial charge in [0.25, 0.3) is 0 Å². The highest BCUT2D eigenvalue weighted by Crippen LogP contribution is 2.23. The predicted molar refractivity (Wildman–Crippen MR) is 132 cm³/mol. The number of amides is 2. The third-order valence-electron chi connectivity index (χ3n) is 5.92. The Morgan fingerprint density at radius 3 is 2.66 bits per heavy atom. The molecule has 2 aromatic carbocycles. The smallest absolute Gasteiger partial charge is 0.245 e. The average molecular weight is 448 g/mol. The molecule has 0 spiro atoms. The quantitative estimate of drug-likeness (QED) is 0.547. The number of aromatic amines is 1. The summed E-state index contributed by atoms with van der Waals surface area (Å²) in [6.45, 7) is 2.64. The van der Waals surface area contributed by atoms with Crippen LogP contribution in [0.1, 0.15) is 16.8 Å². The van der Waals surface area contributed by atoms with Gasteiger partial charge >= 0.3 is 0 Å². The molecule has 32 heavy (non-hydrogen) atoms. The number of carbonyl (C=O) groups is 2. The van der Waals surface area contributed by atoms with Crippen molar-refractivity contribution in [2.24, 2.45) is 5.92 Å². The van der Waals surface area contributed by atoms with Crippen LogP contribution < -0.4 is 5.32 Å². The number of aromatic nitrogens is 1. The van der Waals surface area contributed by atoms with E-state index in [9.17, 15) is 9.59 Å². The highest BCUT2D eigenvalue weighted by atomic mass is 32.2. The third kappa shape index (κ3) is 5.25. The van der Waals surface area contributed by atoms with Crippen LogP contribution >= 0.6 is 11.8 Å². The summed E-state index contributed by atoms with van der Waals surface area (Å²) in [5.41, 5.74) is 4.01. The van der Waals surface area contributed by atoms with E-state index in [1.807, 2.05) is 68.6 Å². The maximum atomic E-state index is 13.3. The minimum atomic E-state index is -0.599. The molecule has 1 aliphatic heterocycles. The van der Waals surface area contributed by atoms with Crippen molar-refractivity contribution in [3.63, 3.8) is 0 Å². The molecule has 0 radical (unpaired) electrons. The minimum absolute atomic E-state index is 0.0526. The largest absolute Gasteiger partial charge is 0.358 e. The Morgan fingerprint density at radius 2 is 1.91 bits per heavy atom. The number of fused-ring (bicyclic) bond motifs is 1. The predicted octanol–water partition coefficient (Wildman–Crippen LogP) is 4.08. The number of carbonyl (C=O) groups excluding carboxylic acids is 2. The van der Waals surface area contributed by atoms with Crippen molar-refractivity contribution >= 4 is 34.5 Å². The zero-order valence-corrected chi connectivity index (χ0v) is 19.3. The highest BCUT2D eigenvalue weighted by Gasteiger charge is 2.26. The first-order valence-corrected chi connectivity index (χ1v) is 12.0. The number of aryl methyl sites for hydroxylation is 1. The second-order valence-electron chi connectivity index (χ2n) is 8.40. The molecule has 166 valence electrons. The number of nitrogens with zero attached hydrogens (tertiary/aromatic N) is 1. The number of hydrogen-bond donors (Lipinski definition) is 2. The summed E-state index contributed by atoms with van der Waals surface area (Å²) in [6.07, 6.45) is 2.86. The Hall–Kier alpha value is -2.99. The first kappa shape index (κ1) is 22.2. The van der Waals surface area contributed by atoms with E-state index < -0.39 is 6.04 Å². The van der Waals surface area contributed by atoms with Crippen molar-refractivity contribution in [2.45, 2.75) is 25.8 Å². The summed E-state index contributed by atoms with van der Waals surface area (Å²) in [7, 11) is 1.83. The van der Waals surface area contributed by atoms with E-state index in [0.29, 0.717) is 18.9 Å². The standard InChI is InChI=1S/C26H29N3O2S/c1-18-22(21-10-6-7-11-23(21)27-18)15-25(30)28-24(14-19-8-4-3-5-9-19)26(31)29(2)16-20-12-13-32-17-20/h3-13,20,24,27H,14-17H2,1-2H3,(H,28,30)/t20?,24-/m0/s1. The van der Waals surface area contributed by atoms with Gasteiger partial charge in [-0.1, -0.05) is 54.6 Å². The average Bonchev–Trinajstić information content (AvgIpc) is 3.41. The summed E-state index contributed by atoms with van der Waals surface area (Å²) in [5.74, 6) is 1.16. The van der Waals surface area contributed by atoms with Crippen LogP contribution in [-0.2, 0) is 22.4 Å². The molecule has 0 saturated heterocycles. The normalized spacial score (nSPS) is 16.2. The molecule has 1 aliphatic rings. The number of likely N-dealkylation sites (N-methyl/N-ethyl adjacent to an activating group) is 1. The van der Waals surface area contributed by atoms with E-state index in [4.69, 9.17) is 0 Å². The fraction of sp³-hybridized carbons (Fsp3) is 0.308. The minimum Gasteiger partial charge on any atom is -0.358 e. The van der Waals surface area contributed by atoms with Gasteiger partial charge in [-0.3, -0.25) is 9.59 Å². The lowest BCUT2D eigenvalue weighted by Crippen LogP contribution is -2.49. The number of thioether (sulfide) groups is 1. The molecule has 5 nitrogen and oxygen atoms in total. The maximum absolute atomic E-state index is 13.3. The van der Waals surface area contributed by atoms with E-state index in [1.54, 1.807) is 16.7 Å². The summed E-state index contributed by atoms with van der Waals surface area (Å²) in [6, 6.07) is 17.2. The van der Waals surface area contributed by atoms with Crippen LogP contribution in [0.4, 0.5) is 0 Å². The Kier molecular flexibility index (Phi) is 7.00. The fourth-order valence-electron chi connectivity index (χ4n) is 4.24. The lowest BCUT2D eigenvalue weighted by molar-refractivity contribution is -0.135. The lowest BCUT2D eigenvalue weighted by atomic mass is 10.0. The van der Waals surface area contributed by atoms with E-state index in [-0.39, 0.29) is 18.2 Å². The van der Waals surface area contributed by atoms with Crippen molar-refractivity contribution in [2.75, 3.05) is 19.3 Å². The second kappa shape index (κ2) is 10.1.